The Hall–Kier alpha value is -2.75. The largest absolute Gasteiger partial charge is 0.496 e. The van der Waals surface area contributed by atoms with Gasteiger partial charge in [-0.25, -0.2) is 0 Å². The molecule has 0 aromatic heterocycles. The Labute approximate surface area is 155 Å². The molecule has 136 valence electrons. The topological polar surface area (TPSA) is 38.8 Å². The number of β-lactam (4-membered cyclic amide) rings is 1. The number of nitrogens with zero attached hydrogens (tertiary/aromatic N) is 1. The van der Waals surface area contributed by atoms with Crippen LogP contribution in [0.5, 0.6) is 11.5 Å². The first-order valence-corrected chi connectivity index (χ1v) is 8.80. The van der Waals surface area contributed by atoms with Crippen molar-refractivity contribution in [3.05, 3.63) is 64.7 Å². The van der Waals surface area contributed by atoms with Crippen molar-refractivity contribution in [1.29, 1.82) is 0 Å². The number of anilines is 1. The van der Waals surface area contributed by atoms with Gasteiger partial charge in [-0.05, 0) is 62.1 Å². The summed E-state index contributed by atoms with van der Waals surface area (Å²) in [6.07, 6.45) is 0. The Morgan fingerprint density at radius 1 is 1.08 bits per heavy atom. The van der Waals surface area contributed by atoms with Gasteiger partial charge < -0.3 is 9.47 Å². The molecule has 1 amide bonds. The predicted octanol–water partition coefficient (Wildman–Crippen LogP) is 4.66. The van der Waals surface area contributed by atoms with E-state index in [1.165, 1.54) is 0 Å². The average molecular weight is 351 g/mol. The number of carbonyl (C=O) groups is 1. The van der Waals surface area contributed by atoms with Crippen LogP contribution in [0.25, 0.3) is 0 Å². The lowest BCUT2D eigenvalue weighted by Crippen LogP contribution is -2.48. The van der Waals surface area contributed by atoms with E-state index < -0.39 is 0 Å². The van der Waals surface area contributed by atoms with E-state index in [0.29, 0.717) is 12.2 Å². The Bertz CT molecular complexity index is 885. The normalized spacial score (nSPS) is 16.5. The highest BCUT2D eigenvalue weighted by molar-refractivity contribution is 6.15. The van der Waals surface area contributed by atoms with Crippen LogP contribution in [0.2, 0.25) is 0 Å². The highest BCUT2D eigenvalue weighted by atomic mass is 16.5. The molecule has 0 saturated carbocycles. The van der Waals surface area contributed by atoms with Gasteiger partial charge in [-0.2, -0.15) is 0 Å². The van der Waals surface area contributed by atoms with Crippen molar-refractivity contribution in [3.63, 3.8) is 0 Å². The number of aryl methyl sites for hydroxylation is 2. The predicted molar refractivity (Wildman–Crippen MR) is 104 cm³/mol. The van der Waals surface area contributed by atoms with Crippen molar-refractivity contribution in [1.82, 2.24) is 0 Å². The van der Waals surface area contributed by atoms with E-state index >= 15 is 0 Å². The van der Waals surface area contributed by atoms with Crippen molar-refractivity contribution >= 4 is 11.6 Å². The van der Waals surface area contributed by atoms with E-state index in [1.54, 1.807) is 12.0 Å². The van der Waals surface area contributed by atoms with Crippen molar-refractivity contribution in [2.75, 3.05) is 18.6 Å². The zero-order chi connectivity index (χ0) is 19.0. The second-order valence-corrected chi connectivity index (χ2v) is 6.65. The number of rotatable bonds is 5. The number of carbonyl (C=O) groups excluding carboxylic acids is 1. The van der Waals surface area contributed by atoms with Crippen LogP contribution in [0.15, 0.2) is 42.5 Å². The second-order valence-electron chi connectivity index (χ2n) is 6.65. The molecule has 0 unspecified atom stereocenters. The van der Waals surface area contributed by atoms with Crippen LogP contribution in [0.1, 0.15) is 35.2 Å². The fourth-order valence-electron chi connectivity index (χ4n) is 3.35. The number of hydrogen-bond acceptors (Lipinski definition) is 3. The van der Waals surface area contributed by atoms with Gasteiger partial charge in [-0.15, -0.1) is 0 Å². The van der Waals surface area contributed by atoms with E-state index in [0.717, 1.165) is 39.4 Å². The zero-order valence-electron chi connectivity index (χ0n) is 16.1. The molecule has 3 rings (SSSR count). The van der Waals surface area contributed by atoms with Crippen LogP contribution in [-0.4, -0.2) is 19.6 Å². The molecule has 1 fully saturated rings. The van der Waals surface area contributed by atoms with Gasteiger partial charge in [-0.3, -0.25) is 9.69 Å². The second kappa shape index (κ2) is 6.87. The van der Waals surface area contributed by atoms with Crippen LogP contribution in [0.4, 0.5) is 5.69 Å². The van der Waals surface area contributed by atoms with E-state index in [2.05, 4.69) is 6.58 Å². The molecular weight excluding hydrogens is 326 g/mol. The molecule has 0 aliphatic carbocycles. The molecule has 1 aliphatic rings. The summed E-state index contributed by atoms with van der Waals surface area (Å²) in [5, 5.41) is 0. The van der Waals surface area contributed by atoms with Gasteiger partial charge in [0.25, 0.3) is 5.91 Å². The first kappa shape index (κ1) is 18.1. The first-order chi connectivity index (χ1) is 12.4. The Balaban J connectivity index is 2.03. The fourth-order valence-corrected chi connectivity index (χ4v) is 3.35. The maximum atomic E-state index is 12.6. The molecule has 26 heavy (non-hydrogen) atoms. The minimum atomic E-state index is -0.186. The third kappa shape index (κ3) is 2.85. The third-order valence-corrected chi connectivity index (χ3v) is 5.01. The van der Waals surface area contributed by atoms with Crippen molar-refractivity contribution in [2.24, 2.45) is 0 Å². The quantitative estimate of drug-likeness (QED) is 0.581. The lowest BCUT2D eigenvalue weighted by Gasteiger charge is -2.43. The Morgan fingerprint density at radius 3 is 2.46 bits per heavy atom. The summed E-state index contributed by atoms with van der Waals surface area (Å²) in [5.74, 6) is 1.57. The maximum absolute atomic E-state index is 12.6. The number of benzene rings is 2. The van der Waals surface area contributed by atoms with Crippen LogP contribution in [-0.2, 0) is 4.79 Å². The average Bonchev–Trinajstić information content (AvgIpc) is 2.63. The Kier molecular flexibility index (Phi) is 4.77. The molecule has 4 heteroatoms. The van der Waals surface area contributed by atoms with Gasteiger partial charge in [0.1, 0.15) is 11.5 Å². The van der Waals surface area contributed by atoms with Crippen molar-refractivity contribution in [2.45, 2.75) is 33.7 Å². The van der Waals surface area contributed by atoms with Gasteiger partial charge in [0.05, 0.1) is 19.8 Å². The van der Waals surface area contributed by atoms with Gasteiger partial charge in [0.15, 0.2) is 0 Å². The minimum absolute atomic E-state index is 0.0566. The van der Waals surface area contributed by atoms with Crippen LogP contribution < -0.4 is 14.4 Å². The molecule has 2 aromatic carbocycles. The summed E-state index contributed by atoms with van der Waals surface area (Å²) < 4.78 is 11.2. The third-order valence-electron chi connectivity index (χ3n) is 5.01. The molecule has 1 atom stereocenters. The zero-order valence-corrected chi connectivity index (χ0v) is 16.1. The number of ether oxygens (including phenoxy) is 2. The first-order valence-electron chi connectivity index (χ1n) is 8.80. The van der Waals surface area contributed by atoms with Crippen molar-refractivity contribution in [3.8, 4) is 11.5 Å². The highest BCUT2D eigenvalue weighted by Gasteiger charge is 2.43. The van der Waals surface area contributed by atoms with E-state index in [9.17, 15) is 4.79 Å². The fraction of sp³-hybridized carbons (Fsp3) is 0.318. The summed E-state index contributed by atoms with van der Waals surface area (Å²) in [5.41, 5.74) is 5.65. The molecule has 0 spiro atoms. The maximum Gasteiger partial charge on any atom is 0.256 e. The standard InChI is InChI=1S/C22H25NO3/c1-7-26-19-11-17(9-8-13(19)2)21-16(5)22(24)23(21)18-10-14(3)15(4)20(12-18)25-6/h8-12,21H,5,7H2,1-4,6H3/t21-/m1/s1. The molecule has 4 nitrogen and oxygen atoms in total. The lowest BCUT2D eigenvalue weighted by molar-refractivity contribution is -0.118. The summed E-state index contributed by atoms with van der Waals surface area (Å²) in [6, 6.07) is 9.81. The van der Waals surface area contributed by atoms with Crippen LogP contribution >= 0.6 is 0 Å². The number of hydrogen-bond donors (Lipinski definition) is 0. The van der Waals surface area contributed by atoms with E-state index in [-0.39, 0.29) is 11.9 Å². The summed E-state index contributed by atoms with van der Waals surface area (Å²) >= 11 is 0. The summed E-state index contributed by atoms with van der Waals surface area (Å²) in [7, 11) is 1.65. The molecule has 0 N–H and O–H groups in total. The number of methoxy groups -OCH3 is 1. The smallest absolute Gasteiger partial charge is 0.256 e. The van der Waals surface area contributed by atoms with Gasteiger partial charge in [0.2, 0.25) is 0 Å². The van der Waals surface area contributed by atoms with E-state index in [4.69, 9.17) is 9.47 Å². The van der Waals surface area contributed by atoms with Crippen molar-refractivity contribution < 1.29 is 14.3 Å². The van der Waals surface area contributed by atoms with Gasteiger partial charge in [-0.1, -0.05) is 18.7 Å². The van der Waals surface area contributed by atoms with Gasteiger partial charge >= 0.3 is 0 Å². The summed E-state index contributed by atoms with van der Waals surface area (Å²) in [6.45, 7) is 12.6. The SMILES string of the molecule is C=C1C(=O)N(c2cc(C)c(C)c(OC)c2)[C@H]1c1ccc(C)c(OCC)c1. The molecule has 1 heterocycles. The molecule has 1 aliphatic heterocycles. The molecular formula is C22H25NO3. The monoisotopic (exact) mass is 351 g/mol. The molecule has 0 radical (unpaired) electrons. The molecule has 2 aromatic rings. The molecule has 1 saturated heterocycles. The van der Waals surface area contributed by atoms with Crippen LogP contribution in [0.3, 0.4) is 0 Å². The van der Waals surface area contributed by atoms with Gasteiger partial charge in [0, 0.05) is 17.3 Å². The summed E-state index contributed by atoms with van der Waals surface area (Å²) in [4.78, 5) is 14.3. The number of amides is 1. The minimum Gasteiger partial charge on any atom is -0.496 e. The molecule has 0 bridgehead atoms. The highest BCUT2D eigenvalue weighted by Crippen LogP contribution is 2.44. The Morgan fingerprint density at radius 2 is 1.81 bits per heavy atom. The van der Waals surface area contributed by atoms with Crippen LogP contribution in [0, 0.1) is 20.8 Å². The lowest BCUT2D eigenvalue weighted by atomic mass is 9.87. The van der Waals surface area contributed by atoms with E-state index in [1.807, 2.05) is 58.0 Å².